The SMILES string of the molecule is Cc1ccc(-c2nnn(CC(=O)N(c3ccccc3F)C(C(=O)NC(C)(C)C)c3ccncc3)n2)o1. The van der Waals surface area contributed by atoms with Gasteiger partial charge >= 0.3 is 0 Å². The summed E-state index contributed by atoms with van der Waals surface area (Å²) in [5.41, 5.74) is -0.201. The highest BCUT2D eigenvalue weighted by molar-refractivity contribution is 6.01. The van der Waals surface area contributed by atoms with Crippen molar-refractivity contribution in [3.05, 3.63) is 78.1 Å². The lowest BCUT2D eigenvalue weighted by Gasteiger charge is -2.33. The van der Waals surface area contributed by atoms with Crippen molar-refractivity contribution in [1.29, 1.82) is 0 Å². The summed E-state index contributed by atoms with van der Waals surface area (Å²) in [6, 6.07) is 11.3. The number of pyridine rings is 1. The maximum absolute atomic E-state index is 15.0. The number of hydrogen-bond donors (Lipinski definition) is 1. The Labute approximate surface area is 207 Å². The third kappa shape index (κ3) is 5.62. The van der Waals surface area contributed by atoms with Gasteiger partial charge in [0.2, 0.25) is 11.7 Å². The Hall–Kier alpha value is -4.41. The first-order valence-corrected chi connectivity index (χ1v) is 11.3. The Morgan fingerprint density at radius 2 is 1.83 bits per heavy atom. The highest BCUT2D eigenvalue weighted by Crippen LogP contribution is 2.30. The largest absolute Gasteiger partial charge is 0.458 e. The van der Waals surface area contributed by atoms with Crippen molar-refractivity contribution in [2.75, 3.05) is 4.90 Å². The lowest BCUT2D eigenvalue weighted by molar-refractivity contribution is -0.128. The topological polar surface area (TPSA) is 119 Å². The maximum atomic E-state index is 15.0. The van der Waals surface area contributed by atoms with Crippen LogP contribution >= 0.6 is 0 Å². The normalized spacial score (nSPS) is 12.2. The van der Waals surface area contributed by atoms with Gasteiger partial charge in [-0.05, 0) is 74.9 Å². The molecule has 10 nitrogen and oxygen atoms in total. The molecule has 0 saturated carbocycles. The van der Waals surface area contributed by atoms with E-state index in [2.05, 4.69) is 25.7 Å². The van der Waals surface area contributed by atoms with Gasteiger partial charge in [-0.25, -0.2) is 4.39 Å². The fourth-order valence-electron chi connectivity index (χ4n) is 3.63. The van der Waals surface area contributed by atoms with Gasteiger partial charge in [-0.1, -0.05) is 12.1 Å². The number of carbonyl (C=O) groups is 2. The molecule has 2 amide bonds. The van der Waals surface area contributed by atoms with Crippen LogP contribution < -0.4 is 10.2 Å². The Morgan fingerprint density at radius 1 is 1.11 bits per heavy atom. The van der Waals surface area contributed by atoms with Crippen LogP contribution in [0.3, 0.4) is 0 Å². The molecule has 1 N–H and O–H groups in total. The Morgan fingerprint density at radius 3 is 2.47 bits per heavy atom. The number of rotatable bonds is 7. The summed E-state index contributed by atoms with van der Waals surface area (Å²) in [5.74, 6) is -0.491. The Balaban J connectivity index is 1.74. The van der Waals surface area contributed by atoms with Crippen LogP contribution in [0, 0.1) is 12.7 Å². The van der Waals surface area contributed by atoms with E-state index in [0.717, 1.165) is 9.70 Å². The second-order valence-corrected chi connectivity index (χ2v) is 9.19. The number of para-hydroxylation sites is 1. The lowest BCUT2D eigenvalue weighted by Crippen LogP contribution is -2.50. The van der Waals surface area contributed by atoms with E-state index in [1.165, 1.54) is 30.6 Å². The summed E-state index contributed by atoms with van der Waals surface area (Å²) in [5, 5.41) is 15.0. The molecule has 1 atom stereocenters. The molecule has 1 unspecified atom stereocenters. The number of nitrogens with one attached hydrogen (secondary N) is 1. The van der Waals surface area contributed by atoms with Gasteiger partial charge in [0.25, 0.3) is 5.91 Å². The molecule has 4 rings (SSSR count). The molecule has 0 saturated heterocycles. The fourth-order valence-corrected chi connectivity index (χ4v) is 3.63. The number of benzene rings is 1. The number of hydrogen-bond acceptors (Lipinski definition) is 7. The van der Waals surface area contributed by atoms with Gasteiger partial charge in [-0.3, -0.25) is 19.5 Å². The number of nitrogens with zero attached hydrogens (tertiary/aromatic N) is 6. The Bertz CT molecular complexity index is 1360. The van der Waals surface area contributed by atoms with Crippen LogP contribution in [-0.4, -0.2) is 42.5 Å². The second-order valence-electron chi connectivity index (χ2n) is 9.19. The number of anilines is 1. The molecule has 0 radical (unpaired) electrons. The summed E-state index contributed by atoms with van der Waals surface area (Å²) >= 11 is 0. The molecule has 0 spiro atoms. The first-order valence-electron chi connectivity index (χ1n) is 11.3. The van der Waals surface area contributed by atoms with E-state index in [4.69, 9.17) is 4.42 Å². The third-order valence-electron chi connectivity index (χ3n) is 5.10. The Kier molecular flexibility index (Phi) is 6.91. The average molecular weight is 492 g/mol. The summed E-state index contributed by atoms with van der Waals surface area (Å²) in [4.78, 5) is 33.4. The first-order chi connectivity index (χ1) is 17.1. The number of halogens is 1. The minimum atomic E-state index is -1.19. The standard InChI is InChI=1S/C25H26FN7O3/c1-16-9-10-20(36-16)23-29-31-32(30-23)15-21(34)33(19-8-6-5-7-18(19)26)22(17-11-13-27-14-12-17)24(35)28-25(2,3)4/h5-14,22H,15H2,1-4H3,(H,28,35). The fraction of sp³-hybridized carbons (Fsp3) is 0.280. The van der Waals surface area contributed by atoms with E-state index in [-0.39, 0.29) is 11.5 Å². The van der Waals surface area contributed by atoms with E-state index in [9.17, 15) is 9.59 Å². The molecule has 0 aliphatic heterocycles. The van der Waals surface area contributed by atoms with Crippen LogP contribution in [0.15, 0.2) is 65.3 Å². The van der Waals surface area contributed by atoms with Crippen LogP contribution in [0.1, 0.15) is 38.1 Å². The van der Waals surface area contributed by atoms with Crippen LogP contribution in [0.2, 0.25) is 0 Å². The van der Waals surface area contributed by atoms with E-state index < -0.39 is 35.8 Å². The quantitative estimate of drug-likeness (QED) is 0.420. The monoisotopic (exact) mass is 491 g/mol. The zero-order chi connectivity index (χ0) is 25.9. The number of aromatic nitrogens is 5. The highest BCUT2D eigenvalue weighted by atomic mass is 19.1. The summed E-state index contributed by atoms with van der Waals surface area (Å²) in [6.07, 6.45) is 3.01. The number of amides is 2. The molecule has 36 heavy (non-hydrogen) atoms. The summed E-state index contributed by atoms with van der Waals surface area (Å²) < 4.78 is 20.6. The van der Waals surface area contributed by atoms with Gasteiger partial charge in [-0.15, -0.1) is 10.2 Å². The number of carbonyl (C=O) groups excluding carboxylic acids is 2. The molecule has 0 aliphatic rings. The number of aryl methyl sites for hydroxylation is 1. The van der Waals surface area contributed by atoms with Gasteiger partial charge in [0.15, 0.2) is 5.76 Å². The first kappa shape index (κ1) is 24.7. The second kappa shape index (κ2) is 10.1. The molecule has 0 fully saturated rings. The van der Waals surface area contributed by atoms with Crippen molar-refractivity contribution in [3.8, 4) is 11.6 Å². The van der Waals surface area contributed by atoms with Crippen LogP contribution in [0.4, 0.5) is 10.1 Å². The van der Waals surface area contributed by atoms with Crippen LogP contribution in [-0.2, 0) is 16.1 Å². The number of tetrazole rings is 1. The van der Waals surface area contributed by atoms with Crippen LogP contribution in [0.25, 0.3) is 11.6 Å². The minimum absolute atomic E-state index is 0.0598. The zero-order valence-corrected chi connectivity index (χ0v) is 20.3. The molecular weight excluding hydrogens is 465 g/mol. The van der Waals surface area contributed by atoms with Gasteiger partial charge in [0.1, 0.15) is 24.2 Å². The molecule has 4 aromatic rings. The highest BCUT2D eigenvalue weighted by Gasteiger charge is 2.36. The lowest BCUT2D eigenvalue weighted by atomic mass is 10.0. The minimum Gasteiger partial charge on any atom is -0.458 e. The van der Waals surface area contributed by atoms with E-state index in [0.29, 0.717) is 17.1 Å². The predicted octanol–water partition coefficient (Wildman–Crippen LogP) is 3.46. The van der Waals surface area contributed by atoms with Gasteiger partial charge in [-0.2, -0.15) is 4.80 Å². The smallest absolute Gasteiger partial charge is 0.251 e. The van der Waals surface area contributed by atoms with Crippen LogP contribution in [0.5, 0.6) is 0 Å². The molecule has 3 heterocycles. The van der Waals surface area contributed by atoms with Crippen molar-refractivity contribution in [3.63, 3.8) is 0 Å². The molecule has 0 aliphatic carbocycles. The third-order valence-corrected chi connectivity index (χ3v) is 5.10. The van der Waals surface area contributed by atoms with E-state index >= 15 is 4.39 Å². The van der Waals surface area contributed by atoms with Crippen molar-refractivity contribution in [2.45, 2.75) is 45.8 Å². The molecule has 11 heteroatoms. The van der Waals surface area contributed by atoms with E-state index in [1.807, 2.05) is 20.8 Å². The van der Waals surface area contributed by atoms with Gasteiger partial charge in [0.05, 0.1) is 5.69 Å². The van der Waals surface area contributed by atoms with Crippen molar-refractivity contribution < 1.29 is 18.4 Å². The summed E-state index contributed by atoms with van der Waals surface area (Å²) in [6.45, 7) is 6.85. The predicted molar refractivity (Wildman–Crippen MR) is 129 cm³/mol. The zero-order valence-electron chi connectivity index (χ0n) is 20.3. The number of furan rings is 1. The van der Waals surface area contributed by atoms with Gasteiger partial charge in [0, 0.05) is 17.9 Å². The van der Waals surface area contributed by atoms with Crippen molar-refractivity contribution in [1.82, 2.24) is 30.5 Å². The molecule has 186 valence electrons. The van der Waals surface area contributed by atoms with Crippen molar-refractivity contribution >= 4 is 17.5 Å². The molecule has 0 bridgehead atoms. The molecule has 1 aromatic carbocycles. The molecule has 3 aromatic heterocycles. The van der Waals surface area contributed by atoms with Crippen molar-refractivity contribution in [2.24, 2.45) is 0 Å². The maximum Gasteiger partial charge on any atom is 0.251 e. The summed E-state index contributed by atoms with van der Waals surface area (Å²) in [7, 11) is 0. The average Bonchev–Trinajstić information content (AvgIpc) is 3.46. The molecular formula is C25H26FN7O3. The van der Waals surface area contributed by atoms with Gasteiger partial charge < -0.3 is 9.73 Å². The van der Waals surface area contributed by atoms with E-state index in [1.54, 1.807) is 37.3 Å².